The van der Waals surface area contributed by atoms with Crippen LogP contribution < -0.4 is 5.32 Å². The van der Waals surface area contributed by atoms with Crippen LogP contribution in [0.15, 0.2) is 12.2 Å². The Morgan fingerprint density at radius 3 is 2.80 bits per heavy atom. The van der Waals surface area contributed by atoms with Crippen molar-refractivity contribution >= 4 is 11.8 Å². The minimum Gasteiger partial charge on any atom is -0.309 e. The fourth-order valence-electron chi connectivity index (χ4n) is 0.767. The fraction of sp³-hybridized carbons (Fsp3) is 0.750. The van der Waals surface area contributed by atoms with E-state index in [1.807, 2.05) is 11.8 Å². The van der Waals surface area contributed by atoms with Gasteiger partial charge in [-0.25, -0.2) is 0 Å². The van der Waals surface area contributed by atoms with Crippen LogP contribution in [0.5, 0.6) is 0 Å². The van der Waals surface area contributed by atoms with Gasteiger partial charge in [0.2, 0.25) is 0 Å². The molecule has 1 heterocycles. The van der Waals surface area contributed by atoms with Crippen molar-refractivity contribution in [3.8, 4) is 0 Å². The zero-order chi connectivity index (χ0) is 7.40. The van der Waals surface area contributed by atoms with Crippen molar-refractivity contribution < 1.29 is 0 Å². The monoisotopic (exact) mass is 157 g/mol. The fourth-order valence-corrected chi connectivity index (χ4v) is 1.47. The molecular formula is C8H15NS. The number of thioether (sulfide) groups is 1. The predicted molar refractivity (Wildman–Crippen MR) is 48.5 cm³/mol. The highest BCUT2D eigenvalue weighted by Crippen LogP contribution is 2.17. The first kappa shape index (κ1) is 8.15. The smallest absolute Gasteiger partial charge is 0.0251 e. The molecule has 1 aliphatic rings. The summed E-state index contributed by atoms with van der Waals surface area (Å²) in [4.78, 5) is 0. The average molecular weight is 157 g/mol. The zero-order valence-corrected chi connectivity index (χ0v) is 7.34. The number of nitrogens with one attached hydrogen (secondary N) is 1. The molecule has 0 amide bonds. The molecule has 1 aliphatic heterocycles. The van der Waals surface area contributed by atoms with Gasteiger partial charge in [-0.05, 0) is 6.42 Å². The molecule has 0 aromatic rings. The van der Waals surface area contributed by atoms with Crippen LogP contribution in [0.1, 0.15) is 13.3 Å². The highest BCUT2D eigenvalue weighted by Gasteiger charge is 2.16. The molecule has 0 saturated carbocycles. The Morgan fingerprint density at radius 1 is 1.70 bits per heavy atom. The van der Waals surface area contributed by atoms with Gasteiger partial charge >= 0.3 is 0 Å². The standard InChI is InChI=1S/C8H15NS/c1-3-7(2)4-9-8-5-10-6-8/h8-9H,2-6H2,1H3. The molecule has 1 fully saturated rings. The maximum atomic E-state index is 3.93. The molecule has 58 valence electrons. The lowest BCUT2D eigenvalue weighted by Gasteiger charge is -2.26. The van der Waals surface area contributed by atoms with Gasteiger partial charge in [0.05, 0.1) is 0 Å². The van der Waals surface area contributed by atoms with Crippen molar-refractivity contribution in [1.82, 2.24) is 5.32 Å². The van der Waals surface area contributed by atoms with Crippen molar-refractivity contribution in [1.29, 1.82) is 0 Å². The summed E-state index contributed by atoms with van der Waals surface area (Å²) in [7, 11) is 0. The third-order valence-corrected chi connectivity index (χ3v) is 3.05. The van der Waals surface area contributed by atoms with Crippen LogP contribution in [0.3, 0.4) is 0 Å². The lowest BCUT2D eigenvalue weighted by Crippen LogP contribution is -2.40. The molecule has 1 N–H and O–H groups in total. The van der Waals surface area contributed by atoms with Crippen molar-refractivity contribution in [2.45, 2.75) is 19.4 Å². The van der Waals surface area contributed by atoms with Crippen LogP contribution >= 0.6 is 11.8 Å². The molecule has 0 bridgehead atoms. The molecular weight excluding hydrogens is 142 g/mol. The third kappa shape index (κ3) is 2.35. The van der Waals surface area contributed by atoms with Crippen LogP contribution in [-0.4, -0.2) is 24.1 Å². The summed E-state index contributed by atoms with van der Waals surface area (Å²) >= 11 is 2.01. The summed E-state index contributed by atoms with van der Waals surface area (Å²) in [6.45, 7) is 7.10. The molecule has 2 heteroatoms. The van der Waals surface area contributed by atoms with Gasteiger partial charge in [0.25, 0.3) is 0 Å². The van der Waals surface area contributed by atoms with Crippen molar-refractivity contribution in [3.05, 3.63) is 12.2 Å². The van der Waals surface area contributed by atoms with Crippen molar-refractivity contribution in [3.63, 3.8) is 0 Å². The van der Waals surface area contributed by atoms with Gasteiger partial charge in [-0.3, -0.25) is 0 Å². The Hall–Kier alpha value is 0.0500. The second-order valence-corrected chi connectivity index (χ2v) is 3.79. The predicted octanol–water partition coefficient (Wildman–Crippen LogP) is 1.66. The van der Waals surface area contributed by atoms with E-state index in [0.29, 0.717) is 0 Å². The molecule has 1 rings (SSSR count). The Kier molecular flexibility index (Phi) is 3.29. The molecule has 0 unspecified atom stereocenters. The molecule has 10 heavy (non-hydrogen) atoms. The highest BCUT2D eigenvalue weighted by atomic mass is 32.2. The van der Waals surface area contributed by atoms with Gasteiger partial charge < -0.3 is 5.32 Å². The molecule has 1 nitrogen and oxygen atoms in total. The molecule has 0 atom stereocenters. The number of hydrogen-bond acceptors (Lipinski definition) is 2. The minimum absolute atomic E-state index is 0.772. The molecule has 0 aliphatic carbocycles. The van der Waals surface area contributed by atoms with E-state index in [2.05, 4.69) is 18.8 Å². The van der Waals surface area contributed by atoms with E-state index >= 15 is 0 Å². The molecule has 0 spiro atoms. The topological polar surface area (TPSA) is 12.0 Å². The van der Waals surface area contributed by atoms with Crippen LogP contribution in [0.2, 0.25) is 0 Å². The lowest BCUT2D eigenvalue weighted by molar-refractivity contribution is 0.610. The van der Waals surface area contributed by atoms with E-state index < -0.39 is 0 Å². The van der Waals surface area contributed by atoms with E-state index in [4.69, 9.17) is 0 Å². The Labute approximate surface area is 67.3 Å². The number of hydrogen-bond donors (Lipinski definition) is 1. The summed E-state index contributed by atoms with van der Waals surface area (Å²) < 4.78 is 0. The van der Waals surface area contributed by atoms with Crippen LogP contribution in [0.4, 0.5) is 0 Å². The van der Waals surface area contributed by atoms with E-state index in [9.17, 15) is 0 Å². The summed E-state index contributed by atoms with van der Waals surface area (Å²) in [6, 6.07) is 0.772. The van der Waals surface area contributed by atoms with E-state index in [1.165, 1.54) is 17.1 Å². The van der Waals surface area contributed by atoms with Crippen molar-refractivity contribution in [2.24, 2.45) is 0 Å². The Balaban J connectivity index is 1.98. The van der Waals surface area contributed by atoms with Crippen molar-refractivity contribution in [2.75, 3.05) is 18.1 Å². The van der Waals surface area contributed by atoms with Gasteiger partial charge in [-0.1, -0.05) is 19.1 Å². The maximum Gasteiger partial charge on any atom is 0.0251 e. The SMILES string of the molecule is C=C(CC)CNC1CSC1. The first-order chi connectivity index (χ1) is 4.83. The minimum atomic E-state index is 0.772. The Bertz CT molecular complexity index is 118. The van der Waals surface area contributed by atoms with Gasteiger partial charge in [0, 0.05) is 24.1 Å². The summed E-state index contributed by atoms with van der Waals surface area (Å²) in [6.07, 6.45) is 1.10. The average Bonchev–Trinajstić information content (AvgIpc) is 1.84. The van der Waals surface area contributed by atoms with E-state index in [-0.39, 0.29) is 0 Å². The van der Waals surface area contributed by atoms with Gasteiger partial charge in [0.15, 0.2) is 0 Å². The zero-order valence-electron chi connectivity index (χ0n) is 6.52. The largest absolute Gasteiger partial charge is 0.309 e. The van der Waals surface area contributed by atoms with E-state index in [0.717, 1.165) is 19.0 Å². The maximum absolute atomic E-state index is 3.93. The van der Waals surface area contributed by atoms with Crippen LogP contribution in [0, 0.1) is 0 Å². The summed E-state index contributed by atoms with van der Waals surface area (Å²) in [5.74, 6) is 2.58. The Morgan fingerprint density at radius 2 is 2.40 bits per heavy atom. The van der Waals surface area contributed by atoms with E-state index in [1.54, 1.807) is 0 Å². The van der Waals surface area contributed by atoms with Gasteiger partial charge in [-0.2, -0.15) is 11.8 Å². The first-order valence-electron chi connectivity index (χ1n) is 3.80. The highest BCUT2D eigenvalue weighted by molar-refractivity contribution is 8.00. The van der Waals surface area contributed by atoms with Crippen LogP contribution in [-0.2, 0) is 0 Å². The number of rotatable bonds is 4. The lowest BCUT2D eigenvalue weighted by atomic mass is 10.2. The quantitative estimate of drug-likeness (QED) is 0.623. The first-order valence-corrected chi connectivity index (χ1v) is 4.96. The van der Waals surface area contributed by atoms with Gasteiger partial charge in [0.1, 0.15) is 0 Å². The normalized spacial score (nSPS) is 18.5. The molecule has 0 aromatic heterocycles. The van der Waals surface area contributed by atoms with Gasteiger partial charge in [-0.15, -0.1) is 0 Å². The second-order valence-electron chi connectivity index (χ2n) is 2.72. The summed E-state index contributed by atoms with van der Waals surface area (Å²) in [5.41, 5.74) is 1.32. The summed E-state index contributed by atoms with van der Waals surface area (Å²) in [5, 5.41) is 3.45. The van der Waals surface area contributed by atoms with Crippen LogP contribution in [0.25, 0.3) is 0 Å². The molecule has 1 saturated heterocycles. The molecule has 0 radical (unpaired) electrons. The second kappa shape index (κ2) is 4.04. The third-order valence-electron chi connectivity index (χ3n) is 1.78. The molecule has 0 aromatic carbocycles.